The lowest BCUT2D eigenvalue weighted by atomic mass is 10.2. The topological polar surface area (TPSA) is 32.3 Å². The minimum absolute atomic E-state index is 1.03. The summed E-state index contributed by atoms with van der Waals surface area (Å²) < 4.78 is 1.23. The van der Waals surface area contributed by atoms with Gasteiger partial charge in [0.2, 0.25) is 0 Å². The average molecular weight is 368 g/mol. The molecule has 1 saturated heterocycles. The molecule has 1 aliphatic heterocycles. The largest absolute Gasteiger partial charge is 0.353 e. The SMILES string of the molecule is CCN1CCN(c2ncnc3ccc(I)cc23)CC1. The molecule has 3 rings (SSSR count). The fourth-order valence-electron chi connectivity index (χ4n) is 2.54. The van der Waals surface area contributed by atoms with Crippen molar-refractivity contribution in [3.05, 3.63) is 28.1 Å². The molecule has 0 aliphatic carbocycles. The minimum atomic E-state index is 1.03. The van der Waals surface area contributed by atoms with Crippen LogP contribution in [0.5, 0.6) is 0 Å². The highest BCUT2D eigenvalue weighted by atomic mass is 127. The van der Waals surface area contributed by atoms with Crippen LogP contribution in [0.1, 0.15) is 6.92 Å². The number of hydrogen-bond donors (Lipinski definition) is 0. The lowest BCUT2D eigenvalue weighted by Gasteiger charge is -2.35. The third-order valence-corrected chi connectivity index (χ3v) is 4.37. The van der Waals surface area contributed by atoms with E-state index in [9.17, 15) is 0 Å². The van der Waals surface area contributed by atoms with E-state index in [0.717, 1.165) is 44.1 Å². The summed E-state index contributed by atoms with van der Waals surface area (Å²) in [6.45, 7) is 7.68. The molecule has 0 amide bonds. The summed E-state index contributed by atoms with van der Waals surface area (Å²) in [5, 5.41) is 1.17. The van der Waals surface area contributed by atoms with Crippen LogP contribution < -0.4 is 4.90 Å². The summed E-state index contributed by atoms with van der Waals surface area (Å²) in [5.41, 5.74) is 1.03. The van der Waals surface area contributed by atoms with Crippen molar-refractivity contribution in [2.45, 2.75) is 6.92 Å². The van der Waals surface area contributed by atoms with Gasteiger partial charge in [0.15, 0.2) is 0 Å². The highest BCUT2D eigenvalue weighted by Gasteiger charge is 2.18. The lowest BCUT2D eigenvalue weighted by molar-refractivity contribution is 0.271. The Bertz CT molecular complexity index is 579. The molecule has 0 N–H and O–H groups in total. The Balaban J connectivity index is 1.94. The second-order valence-corrected chi connectivity index (χ2v) is 6.03. The average Bonchev–Trinajstić information content (AvgIpc) is 2.47. The van der Waals surface area contributed by atoms with Crippen molar-refractivity contribution in [3.63, 3.8) is 0 Å². The van der Waals surface area contributed by atoms with Crippen molar-refractivity contribution < 1.29 is 0 Å². The van der Waals surface area contributed by atoms with Crippen LogP contribution in [0.15, 0.2) is 24.5 Å². The third kappa shape index (κ3) is 2.67. The molecular weight excluding hydrogens is 351 g/mol. The second-order valence-electron chi connectivity index (χ2n) is 4.78. The maximum absolute atomic E-state index is 4.52. The predicted octanol–water partition coefficient (Wildman–Crippen LogP) is 2.38. The predicted molar refractivity (Wildman–Crippen MR) is 86.6 cm³/mol. The molecule has 0 unspecified atom stereocenters. The molecule has 0 radical (unpaired) electrons. The Morgan fingerprint density at radius 1 is 1.16 bits per heavy atom. The first-order valence-electron chi connectivity index (χ1n) is 6.65. The maximum atomic E-state index is 4.52. The van der Waals surface area contributed by atoms with Gasteiger partial charge in [-0.2, -0.15) is 0 Å². The van der Waals surface area contributed by atoms with E-state index in [1.807, 2.05) is 0 Å². The summed E-state index contributed by atoms with van der Waals surface area (Å²) in [6.07, 6.45) is 1.68. The van der Waals surface area contributed by atoms with Crippen molar-refractivity contribution in [2.75, 3.05) is 37.6 Å². The monoisotopic (exact) mass is 368 g/mol. The Hall–Kier alpha value is -0.950. The van der Waals surface area contributed by atoms with E-state index in [-0.39, 0.29) is 0 Å². The van der Waals surface area contributed by atoms with Crippen LogP contribution in [-0.2, 0) is 0 Å². The summed E-state index contributed by atoms with van der Waals surface area (Å²) in [7, 11) is 0. The number of rotatable bonds is 2. The lowest BCUT2D eigenvalue weighted by Crippen LogP contribution is -2.46. The molecule has 2 heterocycles. The molecule has 0 saturated carbocycles. The van der Waals surface area contributed by atoms with Crippen LogP contribution in [0.2, 0.25) is 0 Å². The molecule has 1 aromatic heterocycles. The molecule has 0 atom stereocenters. The van der Waals surface area contributed by atoms with Crippen molar-refractivity contribution >= 4 is 39.3 Å². The van der Waals surface area contributed by atoms with Crippen molar-refractivity contribution in [1.29, 1.82) is 0 Å². The van der Waals surface area contributed by atoms with Crippen LogP contribution in [-0.4, -0.2) is 47.6 Å². The normalized spacial score (nSPS) is 17.1. The Morgan fingerprint density at radius 2 is 1.95 bits per heavy atom. The van der Waals surface area contributed by atoms with E-state index >= 15 is 0 Å². The number of nitrogens with zero attached hydrogens (tertiary/aromatic N) is 4. The van der Waals surface area contributed by atoms with Crippen LogP contribution in [0.4, 0.5) is 5.82 Å². The number of hydrogen-bond acceptors (Lipinski definition) is 4. The molecule has 19 heavy (non-hydrogen) atoms. The van der Waals surface area contributed by atoms with E-state index in [1.54, 1.807) is 6.33 Å². The first-order chi connectivity index (χ1) is 9.28. The maximum Gasteiger partial charge on any atom is 0.140 e. The molecule has 2 aromatic rings. The van der Waals surface area contributed by atoms with Gasteiger partial charge in [0.05, 0.1) is 5.52 Å². The molecule has 4 nitrogen and oxygen atoms in total. The Labute approximate surface area is 127 Å². The number of halogens is 1. The van der Waals surface area contributed by atoms with E-state index in [4.69, 9.17) is 0 Å². The van der Waals surface area contributed by atoms with Crippen molar-refractivity contribution in [2.24, 2.45) is 0 Å². The molecule has 0 spiro atoms. The molecule has 5 heteroatoms. The fraction of sp³-hybridized carbons (Fsp3) is 0.429. The van der Waals surface area contributed by atoms with Gasteiger partial charge in [-0.15, -0.1) is 0 Å². The number of likely N-dealkylation sites (N-methyl/N-ethyl adjacent to an activating group) is 1. The molecular formula is C14H17IN4. The van der Waals surface area contributed by atoms with Gasteiger partial charge in [0.1, 0.15) is 12.1 Å². The zero-order valence-corrected chi connectivity index (χ0v) is 13.2. The summed E-state index contributed by atoms with van der Waals surface area (Å²) >= 11 is 2.34. The number of aromatic nitrogens is 2. The van der Waals surface area contributed by atoms with Crippen LogP contribution >= 0.6 is 22.6 Å². The molecule has 0 bridgehead atoms. The van der Waals surface area contributed by atoms with E-state index in [0.29, 0.717) is 0 Å². The van der Waals surface area contributed by atoms with Gasteiger partial charge in [-0.05, 0) is 47.3 Å². The highest BCUT2D eigenvalue weighted by Crippen LogP contribution is 2.25. The first kappa shape index (κ1) is 13.1. The Morgan fingerprint density at radius 3 is 2.68 bits per heavy atom. The standard InChI is InChI=1S/C14H17IN4/c1-2-18-5-7-19(8-6-18)14-12-9-11(15)3-4-13(12)16-10-17-14/h3-4,9-10H,2,5-8H2,1H3. The second kappa shape index (κ2) is 5.58. The summed E-state index contributed by atoms with van der Waals surface area (Å²) in [4.78, 5) is 13.7. The van der Waals surface area contributed by atoms with Crippen LogP contribution in [0.25, 0.3) is 10.9 Å². The number of benzene rings is 1. The van der Waals surface area contributed by atoms with E-state index in [2.05, 4.69) is 67.5 Å². The summed E-state index contributed by atoms with van der Waals surface area (Å²) in [5.74, 6) is 1.08. The minimum Gasteiger partial charge on any atom is -0.353 e. The van der Waals surface area contributed by atoms with E-state index < -0.39 is 0 Å². The third-order valence-electron chi connectivity index (χ3n) is 3.70. The van der Waals surface area contributed by atoms with Gasteiger partial charge in [-0.3, -0.25) is 0 Å². The van der Waals surface area contributed by atoms with Gasteiger partial charge < -0.3 is 9.80 Å². The van der Waals surface area contributed by atoms with Gasteiger partial charge in [-0.25, -0.2) is 9.97 Å². The molecule has 1 aromatic carbocycles. The fourth-order valence-corrected chi connectivity index (χ4v) is 3.03. The molecule has 1 aliphatic rings. The molecule has 1 fully saturated rings. The van der Waals surface area contributed by atoms with Gasteiger partial charge in [-0.1, -0.05) is 6.92 Å². The van der Waals surface area contributed by atoms with Gasteiger partial charge >= 0.3 is 0 Å². The number of piperazine rings is 1. The number of fused-ring (bicyclic) bond motifs is 1. The van der Waals surface area contributed by atoms with Crippen molar-refractivity contribution in [3.8, 4) is 0 Å². The smallest absolute Gasteiger partial charge is 0.140 e. The zero-order valence-electron chi connectivity index (χ0n) is 11.0. The quantitative estimate of drug-likeness (QED) is 0.762. The highest BCUT2D eigenvalue weighted by molar-refractivity contribution is 14.1. The number of anilines is 1. The first-order valence-corrected chi connectivity index (χ1v) is 7.73. The van der Waals surface area contributed by atoms with Crippen molar-refractivity contribution in [1.82, 2.24) is 14.9 Å². The zero-order chi connectivity index (χ0) is 13.2. The van der Waals surface area contributed by atoms with Crippen LogP contribution in [0, 0.1) is 3.57 Å². The molecule has 100 valence electrons. The van der Waals surface area contributed by atoms with Gasteiger partial charge in [0.25, 0.3) is 0 Å². The van der Waals surface area contributed by atoms with E-state index in [1.165, 1.54) is 8.96 Å². The Kier molecular flexibility index (Phi) is 3.83. The summed E-state index contributed by atoms with van der Waals surface area (Å²) in [6, 6.07) is 6.34. The van der Waals surface area contributed by atoms with Crippen LogP contribution in [0.3, 0.4) is 0 Å². The van der Waals surface area contributed by atoms with Gasteiger partial charge in [0, 0.05) is 35.1 Å².